The molecule has 0 saturated heterocycles. The molecular weight excluding hydrogens is 178 g/mol. The van der Waals surface area contributed by atoms with Crippen molar-refractivity contribution >= 4 is 5.91 Å². The summed E-state index contributed by atoms with van der Waals surface area (Å²) in [6.45, 7) is 9.13. The Hall–Kier alpha value is -1.51. The van der Waals surface area contributed by atoms with Gasteiger partial charge in [-0.2, -0.15) is 0 Å². The summed E-state index contributed by atoms with van der Waals surface area (Å²) in [5.74, 6) is 0.115. The molecule has 0 spiro atoms. The zero-order chi connectivity index (χ0) is 11.1. The zero-order valence-corrected chi connectivity index (χ0v) is 8.92. The average Bonchev–Trinajstić information content (AvgIpc) is 2.48. The quantitative estimate of drug-likeness (QED) is 0.665. The van der Waals surface area contributed by atoms with Crippen LogP contribution in [0.15, 0.2) is 35.8 Å². The van der Waals surface area contributed by atoms with Crippen molar-refractivity contribution in [2.45, 2.75) is 27.2 Å². The minimum Gasteiger partial charge on any atom is -0.513 e. The molecule has 14 heavy (non-hydrogen) atoms. The molecule has 0 saturated carbocycles. The van der Waals surface area contributed by atoms with Crippen molar-refractivity contribution in [3.05, 3.63) is 35.8 Å². The van der Waals surface area contributed by atoms with Crippen molar-refractivity contribution in [1.82, 2.24) is 5.32 Å². The SMILES string of the molecule is C=CC1=C(/C=C(\C)O)NC(=O)C1.CC. The third-order valence-corrected chi connectivity index (χ3v) is 1.57. The van der Waals surface area contributed by atoms with E-state index in [0.29, 0.717) is 12.1 Å². The fourth-order valence-electron chi connectivity index (χ4n) is 1.06. The Balaban J connectivity index is 0.000000791. The van der Waals surface area contributed by atoms with Crippen LogP contribution in [0.5, 0.6) is 0 Å². The molecule has 1 heterocycles. The predicted octanol–water partition coefficient (Wildman–Crippen LogP) is 2.43. The Morgan fingerprint density at radius 1 is 1.57 bits per heavy atom. The van der Waals surface area contributed by atoms with Gasteiger partial charge < -0.3 is 10.4 Å². The summed E-state index contributed by atoms with van der Waals surface area (Å²) in [7, 11) is 0. The molecular formula is C11H17NO2. The van der Waals surface area contributed by atoms with Gasteiger partial charge >= 0.3 is 0 Å². The number of nitrogens with one attached hydrogen (secondary N) is 1. The molecule has 0 fully saturated rings. The Labute approximate surface area is 84.8 Å². The lowest BCUT2D eigenvalue weighted by atomic mass is 10.2. The summed E-state index contributed by atoms with van der Waals surface area (Å²) in [5.41, 5.74) is 1.48. The van der Waals surface area contributed by atoms with Crippen molar-refractivity contribution in [3.8, 4) is 0 Å². The molecule has 3 nitrogen and oxygen atoms in total. The molecule has 0 atom stereocenters. The van der Waals surface area contributed by atoms with Gasteiger partial charge in [-0.1, -0.05) is 26.5 Å². The zero-order valence-electron chi connectivity index (χ0n) is 8.92. The van der Waals surface area contributed by atoms with Crippen LogP contribution in [0.25, 0.3) is 0 Å². The number of aliphatic hydroxyl groups is 1. The van der Waals surface area contributed by atoms with Gasteiger partial charge in [0.2, 0.25) is 5.91 Å². The van der Waals surface area contributed by atoms with Crippen molar-refractivity contribution in [1.29, 1.82) is 0 Å². The van der Waals surface area contributed by atoms with E-state index in [1.165, 1.54) is 6.08 Å². The standard InChI is InChI=1S/C9H11NO2.C2H6/c1-3-7-5-9(12)10-8(7)4-6(2)11;1-2/h3-4,11H,1,5H2,2H3,(H,10,12);1-2H3/b6-4+;. The van der Waals surface area contributed by atoms with E-state index in [2.05, 4.69) is 11.9 Å². The van der Waals surface area contributed by atoms with Gasteiger partial charge in [-0.25, -0.2) is 0 Å². The molecule has 0 aliphatic carbocycles. The van der Waals surface area contributed by atoms with E-state index in [-0.39, 0.29) is 11.7 Å². The molecule has 2 N–H and O–H groups in total. The van der Waals surface area contributed by atoms with E-state index in [1.807, 2.05) is 13.8 Å². The van der Waals surface area contributed by atoms with E-state index >= 15 is 0 Å². The van der Waals surface area contributed by atoms with E-state index < -0.39 is 0 Å². The first-order valence-corrected chi connectivity index (χ1v) is 4.66. The lowest BCUT2D eigenvalue weighted by molar-refractivity contribution is -0.118. The number of rotatable bonds is 2. The summed E-state index contributed by atoms with van der Waals surface area (Å²) < 4.78 is 0. The van der Waals surface area contributed by atoms with Gasteiger partial charge in [0.25, 0.3) is 0 Å². The average molecular weight is 195 g/mol. The summed E-state index contributed by atoms with van der Waals surface area (Å²) in [6.07, 6.45) is 3.48. The Morgan fingerprint density at radius 2 is 2.14 bits per heavy atom. The molecule has 3 heteroatoms. The molecule has 1 rings (SSSR count). The van der Waals surface area contributed by atoms with Crippen molar-refractivity contribution < 1.29 is 9.90 Å². The van der Waals surface area contributed by atoms with Gasteiger partial charge in [-0.15, -0.1) is 0 Å². The smallest absolute Gasteiger partial charge is 0.228 e. The third-order valence-electron chi connectivity index (χ3n) is 1.57. The van der Waals surface area contributed by atoms with Crippen LogP contribution in [0.4, 0.5) is 0 Å². The Kier molecular flexibility index (Phi) is 5.37. The molecule has 0 aromatic carbocycles. The fraction of sp³-hybridized carbons (Fsp3) is 0.364. The maximum Gasteiger partial charge on any atom is 0.228 e. The summed E-state index contributed by atoms with van der Waals surface area (Å²) in [4.78, 5) is 10.9. The summed E-state index contributed by atoms with van der Waals surface area (Å²) in [5, 5.41) is 11.6. The summed E-state index contributed by atoms with van der Waals surface area (Å²) in [6, 6.07) is 0. The van der Waals surface area contributed by atoms with Crippen LogP contribution in [0.2, 0.25) is 0 Å². The van der Waals surface area contributed by atoms with Crippen molar-refractivity contribution in [2.75, 3.05) is 0 Å². The molecule has 0 unspecified atom stereocenters. The molecule has 0 aromatic rings. The van der Waals surface area contributed by atoms with Crippen LogP contribution in [-0.4, -0.2) is 11.0 Å². The minimum absolute atomic E-state index is 0.0580. The van der Waals surface area contributed by atoms with Crippen LogP contribution in [-0.2, 0) is 4.79 Å². The third kappa shape index (κ3) is 3.47. The van der Waals surface area contributed by atoms with Crippen LogP contribution >= 0.6 is 0 Å². The van der Waals surface area contributed by atoms with Crippen molar-refractivity contribution in [3.63, 3.8) is 0 Å². The van der Waals surface area contributed by atoms with Gasteiger partial charge in [0.1, 0.15) is 0 Å². The first-order chi connectivity index (χ1) is 6.63. The molecule has 0 radical (unpaired) electrons. The highest BCUT2D eigenvalue weighted by molar-refractivity contribution is 5.85. The maximum atomic E-state index is 10.9. The van der Waals surface area contributed by atoms with Gasteiger partial charge in [0.15, 0.2) is 0 Å². The van der Waals surface area contributed by atoms with Gasteiger partial charge in [0, 0.05) is 5.70 Å². The van der Waals surface area contributed by atoms with E-state index in [0.717, 1.165) is 5.57 Å². The molecule has 0 aromatic heterocycles. The molecule has 1 aliphatic heterocycles. The number of amides is 1. The van der Waals surface area contributed by atoms with Crippen molar-refractivity contribution in [2.24, 2.45) is 0 Å². The lowest BCUT2D eigenvalue weighted by Gasteiger charge is -1.96. The van der Waals surface area contributed by atoms with Gasteiger partial charge in [-0.3, -0.25) is 4.79 Å². The fourth-order valence-corrected chi connectivity index (χ4v) is 1.06. The minimum atomic E-state index is -0.0580. The Morgan fingerprint density at radius 3 is 2.57 bits per heavy atom. The number of hydrogen-bond donors (Lipinski definition) is 2. The first kappa shape index (κ1) is 12.5. The second kappa shape index (κ2) is 6.02. The highest BCUT2D eigenvalue weighted by atomic mass is 16.3. The van der Waals surface area contributed by atoms with E-state index in [4.69, 9.17) is 5.11 Å². The molecule has 1 aliphatic rings. The summed E-state index contributed by atoms with van der Waals surface area (Å²) >= 11 is 0. The van der Waals surface area contributed by atoms with Crippen LogP contribution in [0, 0.1) is 0 Å². The second-order valence-corrected chi connectivity index (χ2v) is 2.65. The Bertz CT molecular complexity index is 284. The van der Waals surface area contributed by atoms with Gasteiger partial charge in [-0.05, 0) is 18.6 Å². The lowest BCUT2D eigenvalue weighted by Crippen LogP contribution is -2.13. The van der Waals surface area contributed by atoms with E-state index in [1.54, 1.807) is 13.0 Å². The van der Waals surface area contributed by atoms with Crippen LogP contribution in [0.1, 0.15) is 27.2 Å². The topological polar surface area (TPSA) is 49.3 Å². The number of aliphatic hydroxyl groups excluding tert-OH is 1. The number of carbonyl (C=O) groups excluding carboxylic acids is 1. The normalized spacial score (nSPS) is 15.9. The van der Waals surface area contributed by atoms with Crippen LogP contribution in [0.3, 0.4) is 0 Å². The number of hydrogen-bond acceptors (Lipinski definition) is 2. The largest absolute Gasteiger partial charge is 0.513 e. The van der Waals surface area contributed by atoms with Crippen LogP contribution < -0.4 is 5.32 Å². The van der Waals surface area contributed by atoms with Gasteiger partial charge in [0.05, 0.1) is 12.2 Å². The number of carbonyl (C=O) groups is 1. The highest BCUT2D eigenvalue weighted by Gasteiger charge is 2.16. The first-order valence-electron chi connectivity index (χ1n) is 4.66. The predicted molar refractivity (Wildman–Crippen MR) is 57.7 cm³/mol. The molecule has 78 valence electrons. The second-order valence-electron chi connectivity index (χ2n) is 2.65. The maximum absolute atomic E-state index is 10.9. The molecule has 1 amide bonds. The molecule has 0 bridgehead atoms. The monoisotopic (exact) mass is 195 g/mol. The van der Waals surface area contributed by atoms with E-state index in [9.17, 15) is 4.79 Å². The highest BCUT2D eigenvalue weighted by Crippen LogP contribution is 2.16. The number of allylic oxidation sites excluding steroid dienone is 3.